The highest BCUT2D eigenvalue weighted by Gasteiger charge is 2.29. The second-order valence-electron chi connectivity index (χ2n) is 4.84. The summed E-state index contributed by atoms with van der Waals surface area (Å²) in [6, 6.07) is 7.54. The SMILES string of the molecule is CN(C(=O)NCc1ccccc1CC(=O)O)C1CC1. The molecule has 0 unspecified atom stereocenters. The Morgan fingerprint density at radius 1 is 1.32 bits per heavy atom. The number of carboxylic acid groups (broad SMARTS) is 1. The van der Waals surface area contributed by atoms with Crippen molar-refractivity contribution in [2.45, 2.75) is 31.8 Å². The molecular formula is C14H18N2O3. The van der Waals surface area contributed by atoms with E-state index in [2.05, 4.69) is 5.32 Å². The number of carbonyl (C=O) groups is 2. The number of urea groups is 1. The highest BCUT2D eigenvalue weighted by Crippen LogP contribution is 2.25. The van der Waals surface area contributed by atoms with E-state index < -0.39 is 5.97 Å². The van der Waals surface area contributed by atoms with E-state index in [9.17, 15) is 9.59 Å². The number of nitrogens with zero attached hydrogens (tertiary/aromatic N) is 1. The van der Waals surface area contributed by atoms with Gasteiger partial charge in [-0.05, 0) is 24.0 Å². The van der Waals surface area contributed by atoms with Crippen molar-refractivity contribution in [1.29, 1.82) is 0 Å². The van der Waals surface area contributed by atoms with Gasteiger partial charge in [-0.1, -0.05) is 24.3 Å². The van der Waals surface area contributed by atoms with E-state index in [-0.39, 0.29) is 12.5 Å². The van der Waals surface area contributed by atoms with Crippen molar-refractivity contribution in [3.8, 4) is 0 Å². The summed E-state index contributed by atoms with van der Waals surface area (Å²) in [4.78, 5) is 24.3. The van der Waals surface area contributed by atoms with Crippen molar-refractivity contribution in [2.24, 2.45) is 0 Å². The van der Waals surface area contributed by atoms with Crippen LogP contribution in [0.4, 0.5) is 4.79 Å². The van der Waals surface area contributed by atoms with Crippen LogP contribution in [-0.2, 0) is 17.8 Å². The Kier molecular flexibility index (Phi) is 4.04. The number of nitrogens with one attached hydrogen (secondary N) is 1. The Morgan fingerprint density at radius 2 is 1.95 bits per heavy atom. The molecule has 0 heterocycles. The molecule has 2 rings (SSSR count). The number of benzene rings is 1. The first-order valence-corrected chi connectivity index (χ1v) is 6.37. The molecule has 1 aromatic rings. The maximum absolute atomic E-state index is 11.8. The minimum atomic E-state index is -0.867. The molecule has 0 radical (unpaired) electrons. The summed E-state index contributed by atoms with van der Waals surface area (Å²) in [7, 11) is 1.79. The summed E-state index contributed by atoms with van der Waals surface area (Å²) in [5, 5.41) is 11.7. The Labute approximate surface area is 112 Å². The Morgan fingerprint density at radius 3 is 2.53 bits per heavy atom. The quantitative estimate of drug-likeness (QED) is 0.847. The van der Waals surface area contributed by atoms with Crippen LogP contribution in [0.1, 0.15) is 24.0 Å². The third kappa shape index (κ3) is 3.71. The number of hydrogen-bond donors (Lipinski definition) is 2. The van der Waals surface area contributed by atoms with Crippen LogP contribution in [0.25, 0.3) is 0 Å². The van der Waals surface area contributed by atoms with E-state index in [0.29, 0.717) is 12.6 Å². The van der Waals surface area contributed by atoms with E-state index in [4.69, 9.17) is 5.11 Å². The van der Waals surface area contributed by atoms with Crippen LogP contribution in [-0.4, -0.2) is 35.1 Å². The fourth-order valence-corrected chi connectivity index (χ4v) is 1.99. The average Bonchev–Trinajstić information content (AvgIpc) is 3.20. The summed E-state index contributed by atoms with van der Waals surface area (Å²) in [5.74, 6) is -0.867. The smallest absolute Gasteiger partial charge is 0.317 e. The van der Waals surface area contributed by atoms with Gasteiger partial charge in [-0.25, -0.2) is 4.79 Å². The van der Waals surface area contributed by atoms with Gasteiger partial charge in [0.05, 0.1) is 6.42 Å². The minimum Gasteiger partial charge on any atom is -0.481 e. The lowest BCUT2D eigenvalue weighted by Gasteiger charge is -2.17. The molecule has 0 aromatic heterocycles. The van der Waals surface area contributed by atoms with Gasteiger partial charge in [-0.3, -0.25) is 4.79 Å². The molecule has 1 aliphatic carbocycles. The third-order valence-corrected chi connectivity index (χ3v) is 3.31. The number of aliphatic carboxylic acids is 1. The van der Waals surface area contributed by atoms with Crippen LogP contribution in [0, 0.1) is 0 Å². The molecular weight excluding hydrogens is 244 g/mol. The number of carbonyl (C=O) groups excluding carboxylic acids is 1. The zero-order chi connectivity index (χ0) is 13.8. The first-order chi connectivity index (χ1) is 9.08. The van der Waals surface area contributed by atoms with Crippen LogP contribution in [0.3, 0.4) is 0 Å². The summed E-state index contributed by atoms with van der Waals surface area (Å²) >= 11 is 0. The van der Waals surface area contributed by atoms with Crippen molar-refractivity contribution in [2.75, 3.05) is 7.05 Å². The zero-order valence-electron chi connectivity index (χ0n) is 10.9. The zero-order valence-corrected chi connectivity index (χ0v) is 10.9. The predicted octanol–water partition coefficient (Wildman–Crippen LogP) is 1.62. The summed E-state index contributed by atoms with van der Waals surface area (Å²) in [5.41, 5.74) is 1.59. The molecule has 2 N–H and O–H groups in total. The molecule has 19 heavy (non-hydrogen) atoms. The van der Waals surface area contributed by atoms with E-state index in [1.807, 2.05) is 12.1 Å². The second kappa shape index (κ2) is 5.73. The van der Waals surface area contributed by atoms with Crippen LogP contribution >= 0.6 is 0 Å². The summed E-state index contributed by atoms with van der Waals surface area (Å²) in [6.45, 7) is 0.360. The molecule has 1 aliphatic rings. The molecule has 5 heteroatoms. The van der Waals surface area contributed by atoms with Crippen LogP contribution in [0.2, 0.25) is 0 Å². The van der Waals surface area contributed by atoms with E-state index in [1.54, 1.807) is 24.1 Å². The average molecular weight is 262 g/mol. The number of carboxylic acids is 1. The van der Waals surface area contributed by atoms with Crippen molar-refractivity contribution in [3.63, 3.8) is 0 Å². The van der Waals surface area contributed by atoms with Crippen molar-refractivity contribution in [3.05, 3.63) is 35.4 Å². The first kappa shape index (κ1) is 13.4. The van der Waals surface area contributed by atoms with E-state index in [1.165, 1.54) is 0 Å². The standard InChI is InChI=1S/C14H18N2O3/c1-16(12-6-7-12)14(19)15-9-11-5-3-2-4-10(11)8-13(17)18/h2-5,12H,6-9H2,1H3,(H,15,19)(H,17,18). The van der Waals surface area contributed by atoms with Gasteiger partial charge in [-0.15, -0.1) is 0 Å². The lowest BCUT2D eigenvalue weighted by molar-refractivity contribution is -0.136. The molecule has 5 nitrogen and oxygen atoms in total. The third-order valence-electron chi connectivity index (χ3n) is 3.31. The van der Waals surface area contributed by atoms with Crippen molar-refractivity contribution < 1.29 is 14.7 Å². The number of amides is 2. The van der Waals surface area contributed by atoms with Gasteiger partial charge < -0.3 is 15.3 Å². The predicted molar refractivity (Wildman–Crippen MR) is 70.8 cm³/mol. The van der Waals surface area contributed by atoms with Crippen LogP contribution < -0.4 is 5.32 Å². The van der Waals surface area contributed by atoms with Crippen LogP contribution in [0.15, 0.2) is 24.3 Å². The largest absolute Gasteiger partial charge is 0.481 e. The molecule has 0 saturated heterocycles. The van der Waals surface area contributed by atoms with Gasteiger partial charge in [0.15, 0.2) is 0 Å². The fraction of sp³-hybridized carbons (Fsp3) is 0.429. The highest BCUT2D eigenvalue weighted by atomic mass is 16.4. The van der Waals surface area contributed by atoms with E-state index >= 15 is 0 Å². The van der Waals surface area contributed by atoms with Gasteiger partial charge in [0.2, 0.25) is 0 Å². The monoisotopic (exact) mass is 262 g/mol. The second-order valence-corrected chi connectivity index (χ2v) is 4.84. The van der Waals surface area contributed by atoms with Crippen LogP contribution in [0.5, 0.6) is 0 Å². The molecule has 1 fully saturated rings. The fourth-order valence-electron chi connectivity index (χ4n) is 1.99. The maximum Gasteiger partial charge on any atom is 0.317 e. The van der Waals surface area contributed by atoms with Crippen molar-refractivity contribution >= 4 is 12.0 Å². The number of rotatable bonds is 5. The van der Waals surface area contributed by atoms with E-state index in [0.717, 1.165) is 24.0 Å². The lowest BCUT2D eigenvalue weighted by atomic mass is 10.0. The van der Waals surface area contributed by atoms with Gasteiger partial charge in [0.25, 0.3) is 0 Å². The molecule has 0 spiro atoms. The molecule has 1 saturated carbocycles. The maximum atomic E-state index is 11.8. The molecule has 1 aromatic carbocycles. The topological polar surface area (TPSA) is 69.6 Å². The van der Waals surface area contributed by atoms with Crippen molar-refractivity contribution in [1.82, 2.24) is 10.2 Å². The van der Waals surface area contributed by atoms with Gasteiger partial charge in [0.1, 0.15) is 0 Å². The summed E-state index contributed by atoms with van der Waals surface area (Å²) < 4.78 is 0. The summed E-state index contributed by atoms with van der Waals surface area (Å²) in [6.07, 6.45) is 2.11. The molecule has 2 amide bonds. The molecule has 0 aliphatic heterocycles. The first-order valence-electron chi connectivity index (χ1n) is 6.37. The molecule has 0 atom stereocenters. The van der Waals surface area contributed by atoms with Gasteiger partial charge in [0, 0.05) is 19.6 Å². The Balaban J connectivity index is 1.94. The normalized spacial score (nSPS) is 13.9. The molecule has 0 bridgehead atoms. The molecule has 102 valence electrons. The lowest BCUT2D eigenvalue weighted by Crippen LogP contribution is -2.38. The highest BCUT2D eigenvalue weighted by molar-refractivity contribution is 5.75. The number of hydrogen-bond acceptors (Lipinski definition) is 2. The Hall–Kier alpha value is -2.04. The van der Waals surface area contributed by atoms with Gasteiger partial charge in [-0.2, -0.15) is 0 Å². The minimum absolute atomic E-state index is 0.0233. The Bertz CT molecular complexity index is 483. The van der Waals surface area contributed by atoms with Gasteiger partial charge >= 0.3 is 12.0 Å².